The molecule has 1 aromatic heterocycles. The van der Waals surface area contributed by atoms with Crippen LogP contribution in [0.3, 0.4) is 0 Å². The molecule has 1 unspecified atom stereocenters. The number of aryl methyl sites for hydroxylation is 1. The van der Waals surface area contributed by atoms with E-state index in [1.807, 2.05) is 42.5 Å². The van der Waals surface area contributed by atoms with Gasteiger partial charge >= 0.3 is 0 Å². The van der Waals surface area contributed by atoms with E-state index in [-0.39, 0.29) is 5.91 Å². The zero-order chi connectivity index (χ0) is 18.4. The van der Waals surface area contributed by atoms with Crippen LogP contribution in [0.1, 0.15) is 35.2 Å². The monoisotopic (exact) mass is 356 g/mol. The first kappa shape index (κ1) is 18.5. The summed E-state index contributed by atoms with van der Waals surface area (Å²) in [6, 6.07) is 5.79. The molecule has 0 aliphatic carbocycles. The van der Waals surface area contributed by atoms with E-state index in [4.69, 9.17) is 10.5 Å². The maximum absolute atomic E-state index is 13.1. The molecule has 2 N–H and O–H groups in total. The predicted octanol–water partition coefficient (Wildman–Crippen LogP) is 2.47. The van der Waals surface area contributed by atoms with Gasteiger partial charge in [0.1, 0.15) is 5.75 Å². The molecule has 26 heavy (non-hydrogen) atoms. The van der Waals surface area contributed by atoms with Gasteiger partial charge in [0.25, 0.3) is 5.91 Å². The Morgan fingerprint density at radius 3 is 3.08 bits per heavy atom. The van der Waals surface area contributed by atoms with Crippen molar-refractivity contribution in [3.63, 3.8) is 0 Å². The Morgan fingerprint density at radius 2 is 2.31 bits per heavy atom. The van der Waals surface area contributed by atoms with E-state index in [1.165, 1.54) is 0 Å². The van der Waals surface area contributed by atoms with E-state index in [2.05, 4.69) is 9.55 Å². The number of hydrogen-bond acceptors (Lipinski definition) is 4. The number of ether oxygens (including phenoxy) is 1. The molecule has 6 nitrogen and oxygen atoms in total. The highest BCUT2D eigenvalue weighted by molar-refractivity contribution is 5.97. The number of nitrogens with two attached hydrogens (primary N) is 1. The van der Waals surface area contributed by atoms with Crippen LogP contribution in [-0.2, 0) is 6.54 Å². The Labute approximate surface area is 155 Å². The van der Waals surface area contributed by atoms with Crippen LogP contribution in [0.5, 0.6) is 5.75 Å². The third kappa shape index (κ3) is 4.64. The molecule has 1 fully saturated rings. The number of hydrogen-bond donors (Lipinski definition) is 1. The zero-order valence-electron chi connectivity index (χ0n) is 15.4. The average Bonchev–Trinajstić information content (AvgIpc) is 3.15. The summed E-state index contributed by atoms with van der Waals surface area (Å²) in [6.07, 6.45) is 8.55. The smallest absolute Gasteiger partial charge is 0.257 e. The highest BCUT2D eigenvalue weighted by atomic mass is 16.5. The van der Waals surface area contributed by atoms with E-state index in [0.717, 1.165) is 44.5 Å². The molecule has 3 rings (SSSR count). The van der Waals surface area contributed by atoms with Crippen molar-refractivity contribution in [3.8, 4) is 5.75 Å². The number of piperidine rings is 1. The molecule has 140 valence electrons. The van der Waals surface area contributed by atoms with Gasteiger partial charge in [0.15, 0.2) is 0 Å². The highest BCUT2D eigenvalue weighted by Crippen LogP contribution is 2.25. The van der Waals surface area contributed by atoms with E-state index in [1.54, 1.807) is 6.20 Å². The van der Waals surface area contributed by atoms with Crippen LogP contribution in [0.25, 0.3) is 0 Å². The van der Waals surface area contributed by atoms with Crippen LogP contribution in [0, 0.1) is 12.8 Å². The van der Waals surface area contributed by atoms with E-state index in [9.17, 15) is 4.79 Å². The van der Waals surface area contributed by atoms with Crippen LogP contribution >= 0.6 is 0 Å². The fourth-order valence-electron chi connectivity index (χ4n) is 3.45. The number of imidazole rings is 1. The van der Waals surface area contributed by atoms with E-state index < -0.39 is 0 Å². The minimum absolute atomic E-state index is 0.0584. The second-order valence-electron chi connectivity index (χ2n) is 7.01. The SMILES string of the molecule is Cc1ccc(C(=O)N2CCCC(Cn3ccnc3)C2)c(OCCCN)c1. The minimum Gasteiger partial charge on any atom is -0.493 e. The molecule has 1 aliphatic heterocycles. The highest BCUT2D eigenvalue weighted by Gasteiger charge is 2.26. The summed E-state index contributed by atoms with van der Waals surface area (Å²) in [7, 11) is 0. The van der Waals surface area contributed by atoms with Crippen molar-refractivity contribution >= 4 is 5.91 Å². The standard InChI is InChI=1S/C20H28N4O2/c1-16-5-6-18(19(12-16)26-11-3-7-21)20(25)24-9-2-4-17(14-24)13-23-10-8-22-15-23/h5-6,8,10,12,15,17H,2-4,7,9,11,13-14,21H2,1H3. The van der Waals surface area contributed by atoms with Crippen LogP contribution in [0.4, 0.5) is 0 Å². The zero-order valence-corrected chi connectivity index (χ0v) is 15.4. The summed E-state index contributed by atoms with van der Waals surface area (Å²) in [5.74, 6) is 1.18. The molecular formula is C20H28N4O2. The van der Waals surface area contributed by atoms with Crippen molar-refractivity contribution in [2.45, 2.75) is 32.7 Å². The Kier molecular flexibility index (Phi) is 6.28. The second-order valence-corrected chi connectivity index (χ2v) is 7.01. The van der Waals surface area contributed by atoms with Gasteiger partial charge in [-0.25, -0.2) is 4.98 Å². The Bertz CT molecular complexity index is 715. The predicted molar refractivity (Wildman–Crippen MR) is 101 cm³/mol. The quantitative estimate of drug-likeness (QED) is 0.774. The third-order valence-corrected chi connectivity index (χ3v) is 4.81. The van der Waals surface area contributed by atoms with Gasteiger partial charge in [0.05, 0.1) is 18.5 Å². The molecule has 0 radical (unpaired) electrons. The first-order valence-electron chi connectivity index (χ1n) is 9.36. The van der Waals surface area contributed by atoms with Crippen LogP contribution in [0.2, 0.25) is 0 Å². The lowest BCUT2D eigenvalue weighted by atomic mass is 9.97. The average molecular weight is 356 g/mol. The fraction of sp³-hybridized carbons (Fsp3) is 0.500. The molecular weight excluding hydrogens is 328 g/mol. The molecule has 1 amide bonds. The molecule has 0 bridgehead atoms. The van der Waals surface area contributed by atoms with Gasteiger partial charge in [-0.15, -0.1) is 0 Å². The molecule has 1 aromatic carbocycles. The van der Waals surface area contributed by atoms with Gasteiger partial charge in [0.2, 0.25) is 0 Å². The van der Waals surface area contributed by atoms with Crippen molar-refractivity contribution in [2.24, 2.45) is 11.7 Å². The molecule has 0 spiro atoms. The van der Waals surface area contributed by atoms with Crippen molar-refractivity contribution in [2.75, 3.05) is 26.2 Å². The summed E-state index contributed by atoms with van der Waals surface area (Å²) in [5, 5.41) is 0. The van der Waals surface area contributed by atoms with E-state index in [0.29, 0.717) is 30.4 Å². The molecule has 0 saturated carbocycles. The molecule has 2 aromatic rings. The van der Waals surface area contributed by atoms with Crippen molar-refractivity contribution < 1.29 is 9.53 Å². The van der Waals surface area contributed by atoms with Crippen molar-refractivity contribution in [1.29, 1.82) is 0 Å². The molecule has 1 atom stereocenters. The Morgan fingerprint density at radius 1 is 1.42 bits per heavy atom. The lowest BCUT2D eigenvalue weighted by Gasteiger charge is -2.33. The summed E-state index contributed by atoms with van der Waals surface area (Å²) in [5.41, 5.74) is 7.28. The maximum atomic E-state index is 13.1. The summed E-state index contributed by atoms with van der Waals surface area (Å²) >= 11 is 0. The maximum Gasteiger partial charge on any atom is 0.257 e. The number of amides is 1. The molecule has 2 heterocycles. The number of carbonyl (C=O) groups excluding carboxylic acids is 1. The number of rotatable bonds is 7. The largest absolute Gasteiger partial charge is 0.493 e. The lowest BCUT2D eigenvalue weighted by Crippen LogP contribution is -2.41. The summed E-state index contributed by atoms with van der Waals surface area (Å²) in [6.45, 7) is 5.59. The molecule has 6 heteroatoms. The van der Waals surface area contributed by atoms with Gasteiger partial charge in [0, 0.05) is 32.0 Å². The number of aromatic nitrogens is 2. The number of likely N-dealkylation sites (tertiary alicyclic amines) is 1. The normalized spacial score (nSPS) is 17.3. The summed E-state index contributed by atoms with van der Waals surface area (Å²) < 4.78 is 7.93. The Balaban J connectivity index is 1.69. The topological polar surface area (TPSA) is 73.4 Å². The van der Waals surface area contributed by atoms with E-state index >= 15 is 0 Å². The van der Waals surface area contributed by atoms with Crippen LogP contribution in [-0.4, -0.2) is 46.6 Å². The van der Waals surface area contributed by atoms with Gasteiger partial charge in [-0.2, -0.15) is 0 Å². The third-order valence-electron chi connectivity index (χ3n) is 4.81. The first-order chi connectivity index (χ1) is 12.7. The minimum atomic E-state index is 0.0584. The lowest BCUT2D eigenvalue weighted by molar-refractivity contribution is 0.0658. The van der Waals surface area contributed by atoms with Crippen LogP contribution < -0.4 is 10.5 Å². The molecule has 1 aliphatic rings. The first-order valence-corrected chi connectivity index (χ1v) is 9.36. The van der Waals surface area contributed by atoms with Gasteiger partial charge in [-0.3, -0.25) is 4.79 Å². The van der Waals surface area contributed by atoms with Crippen molar-refractivity contribution in [3.05, 3.63) is 48.0 Å². The van der Waals surface area contributed by atoms with Gasteiger partial charge in [-0.1, -0.05) is 6.07 Å². The molecule has 1 saturated heterocycles. The van der Waals surface area contributed by atoms with Gasteiger partial charge in [-0.05, 0) is 56.3 Å². The van der Waals surface area contributed by atoms with Crippen LogP contribution in [0.15, 0.2) is 36.9 Å². The van der Waals surface area contributed by atoms with Crippen molar-refractivity contribution in [1.82, 2.24) is 14.5 Å². The van der Waals surface area contributed by atoms with Gasteiger partial charge < -0.3 is 19.9 Å². The number of nitrogens with zero attached hydrogens (tertiary/aromatic N) is 3. The number of carbonyl (C=O) groups is 1. The summed E-state index contributed by atoms with van der Waals surface area (Å²) in [4.78, 5) is 19.2. The second kappa shape index (κ2) is 8.85. The Hall–Kier alpha value is -2.34. The number of benzene rings is 1. The fourth-order valence-corrected chi connectivity index (χ4v) is 3.45.